The monoisotopic (exact) mass is 382 g/mol. The second kappa shape index (κ2) is 6.73. The second-order valence-corrected chi connectivity index (χ2v) is 6.14. The first-order valence-electron chi connectivity index (χ1n) is 8.21. The van der Waals surface area contributed by atoms with Crippen molar-refractivity contribution in [2.75, 3.05) is 6.61 Å². The van der Waals surface area contributed by atoms with Gasteiger partial charge in [0.05, 0.1) is 12.6 Å². The molecule has 2 aromatic carbocycles. The van der Waals surface area contributed by atoms with E-state index in [0.29, 0.717) is 10.8 Å². The Kier molecular flexibility index (Phi) is 4.73. The van der Waals surface area contributed by atoms with Gasteiger partial charge in [0, 0.05) is 0 Å². The molecule has 6 nitrogen and oxygen atoms in total. The molecule has 1 aliphatic heterocycles. The molecule has 27 heavy (non-hydrogen) atoms. The number of carbonyl (C=O) groups is 2. The molecule has 1 aliphatic rings. The van der Waals surface area contributed by atoms with E-state index in [0.717, 1.165) is 0 Å². The molecule has 0 bridgehead atoms. The minimum atomic E-state index is -5.30. The van der Waals surface area contributed by atoms with Crippen molar-refractivity contribution in [3.8, 4) is 0 Å². The molecule has 0 aromatic heterocycles. The number of ether oxygens (including phenoxy) is 1. The van der Waals surface area contributed by atoms with Crippen LogP contribution in [0.5, 0.6) is 0 Å². The molecule has 1 fully saturated rings. The topological polar surface area (TPSA) is 87.7 Å². The Morgan fingerprint density at radius 2 is 1.89 bits per heavy atom. The Hall–Kier alpha value is -2.81. The molecule has 9 heteroatoms. The quantitative estimate of drug-likeness (QED) is 0.713. The van der Waals surface area contributed by atoms with Gasteiger partial charge in [-0.15, -0.1) is 0 Å². The summed E-state index contributed by atoms with van der Waals surface area (Å²) in [4.78, 5) is 24.4. The average Bonchev–Trinajstić information content (AvgIpc) is 2.59. The molecule has 0 saturated carbocycles. The molecule has 1 heterocycles. The summed E-state index contributed by atoms with van der Waals surface area (Å²) < 4.78 is 45.7. The number of fused-ring (bicyclic) bond motifs is 1. The first-order valence-corrected chi connectivity index (χ1v) is 8.21. The van der Waals surface area contributed by atoms with Gasteiger partial charge in [-0.1, -0.05) is 42.5 Å². The molecule has 2 amide bonds. The molecule has 3 rings (SSSR count). The zero-order chi connectivity index (χ0) is 19.8. The molecule has 0 radical (unpaired) electrons. The lowest BCUT2D eigenvalue weighted by Gasteiger charge is -2.44. The van der Waals surface area contributed by atoms with Crippen molar-refractivity contribution in [1.82, 2.24) is 10.6 Å². The van der Waals surface area contributed by atoms with Crippen LogP contribution in [-0.2, 0) is 9.53 Å². The van der Waals surface area contributed by atoms with Crippen LogP contribution in [-0.4, -0.2) is 35.6 Å². The maximum atomic E-state index is 13.7. The number of benzene rings is 2. The van der Waals surface area contributed by atoms with E-state index in [9.17, 15) is 27.9 Å². The van der Waals surface area contributed by atoms with Gasteiger partial charge < -0.3 is 20.5 Å². The van der Waals surface area contributed by atoms with Crippen LogP contribution in [0.1, 0.15) is 18.5 Å². The SMILES string of the molecule is CCOC(=O)[C@@H]1[C@@H](c2cccc3ccccc23)NC(=O)N[C@@]1(O)C(F)(F)F. The molecule has 3 atom stereocenters. The van der Waals surface area contributed by atoms with E-state index in [1.807, 2.05) is 0 Å². The van der Waals surface area contributed by atoms with Crippen molar-refractivity contribution >= 4 is 22.8 Å². The predicted octanol–water partition coefficient (Wildman–Crippen LogP) is 2.62. The summed E-state index contributed by atoms with van der Waals surface area (Å²) in [5.41, 5.74) is -3.51. The lowest BCUT2D eigenvalue weighted by Crippen LogP contribution is -2.73. The van der Waals surface area contributed by atoms with Crippen LogP contribution < -0.4 is 10.6 Å². The van der Waals surface area contributed by atoms with Gasteiger partial charge in [0.15, 0.2) is 0 Å². The van der Waals surface area contributed by atoms with Gasteiger partial charge in [-0.2, -0.15) is 13.2 Å². The molecular weight excluding hydrogens is 365 g/mol. The van der Waals surface area contributed by atoms with Crippen LogP contribution in [0.25, 0.3) is 10.8 Å². The van der Waals surface area contributed by atoms with E-state index in [2.05, 4.69) is 5.32 Å². The molecule has 144 valence electrons. The van der Waals surface area contributed by atoms with Gasteiger partial charge in [-0.25, -0.2) is 4.79 Å². The summed E-state index contributed by atoms with van der Waals surface area (Å²) in [7, 11) is 0. The van der Waals surface area contributed by atoms with Crippen molar-refractivity contribution in [2.45, 2.75) is 24.9 Å². The third kappa shape index (κ3) is 3.18. The summed E-state index contributed by atoms with van der Waals surface area (Å²) >= 11 is 0. The molecular formula is C18H17F3N2O4. The fourth-order valence-corrected chi connectivity index (χ4v) is 3.32. The minimum absolute atomic E-state index is 0.181. The van der Waals surface area contributed by atoms with Gasteiger partial charge in [0.25, 0.3) is 5.72 Å². The number of amides is 2. The Balaban J connectivity index is 2.21. The Morgan fingerprint density at radius 3 is 2.56 bits per heavy atom. The summed E-state index contributed by atoms with van der Waals surface area (Å²) in [6.07, 6.45) is -5.30. The summed E-state index contributed by atoms with van der Waals surface area (Å²) in [5.74, 6) is -3.41. The molecule has 0 aliphatic carbocycles. The number of urea groups is 1. The van der Waals surface area contributed by atoms with E-state index >= 15 is 0 Å². The van der Waals surface area contributed by atoms with E-state index in [4.69, 9.17) is 4.74 Å². The zero-order valence-corrected chi connectivity index (χ0v) is 14.2. The molecule has 1 saturated heterocycles. The highest BCUT2D eigenvalue weighted by molar-refractivity contribution is 5.89. The second-order valence-electron chi connectivity index (χ2n) is 6.14. The molecule has 0 unspecified atom stereocenters. The zero-order valence-electron chi connectivity index (χ0n) is 14.2. The third-order valence-electron chi connectivity index (χ3n) is 4.51. The lowest BCUT2D eigenvalue weighted by atomic mass is 9.80. The molecule has 0 spiro atoms. The highest BCUT2D eigenvalue weighted by Gasteiger charge is 2.67. The Bertz CT molecular complexity index is 881. The number of hydrogen-bond donors (Lipinski definition) is 3. The molecule has 3 N–H and O–H groups in total. The van der Waals surface area contributed by atoms with Crippen LogP contribution in [0.2, 0.25) is 0 Å². The number of halogens is 3. The standard InChI is InChI=1S/C18H17F3N2O4/c1-2-27-15(24)13-14(22-16(25)23-17(13,26)18(19,20)21)12-9-5-7-10-6-3-4-8-11(10)12/h3-9,13-14,26H,2H2,1H3,(H2,22,23,25)/t13-,14+,17-/m0/s1. The number of carbonyl (C=O) groups excluding carboxylic acids is 2. The number of nitrogens with one attached hydrogen (secondary N) is 2. The van der Waals surface area contributed by atoms with Crippen LogP contribution in [0, 0.1) is 5.92 Å². The van der Waals surface area contributed by atoms with E-state index in [-0.39, 0.29) is 12.2 Å². The minimum Gasteiger partial charge on any atom is -0.466 e. The number of rotatable bonds is 3. The predicted molar refractivity (Wildman–Crippen MR) is 89.5 cm³/mol. The summed E-state index contributed by atoms with van der Waals surface area (Å²) in [6.45, 7) is 1.26. The summed E-state index contributed by atoms with van der Waals surface area (Å²) in [5, 5.41) is 15.4. The van der Waals surface area contributed by atoms with Gasteiger partial charge >= 0.3 is 18.2 Å². The van der Waals surface area contributed by atoms with Crippen molar-refractivity contribution in [2.24, 2.45) is 5.92 Å². The first kappa shape index (κ1) is 19.0. The van der Waals surface area contributed by atoms with E-state index in [1.165, 1.54) is 18.3 Å². The van der Waals surface area contributed by atoms with Crippen molar-refractivity contribution in [3.05, 3.63) is 48.0 Å². The number of hydrogen-bond acceptors (Lipinski definition) is 4. The normalized spacial score (nSPS) is 25.6. The van der Waals surface area contributed by atoms with Gasteiger partial charge in [-0.3, -0.25) is 4.79 Å². The van der Waals surface area contributed by atoms with Crippen LogP contribution in [0.3, 0.4) is 0 Å². The highest BCUT2D eigenvalue weighted by Crippen LogP contribution is 2.44. The van der Waals surface area contributed by atoms with Crippen LogP contribution in [0.4, 0.5) is 18.0 Å². The largest absolute Gasteiger partial charge is 0.466 e. The van der Waals surface area contributed by atoms with E-state index < -0.39 is 35.9 Å². The van der Waals surface area contributed by atoms with Gasteiger partial charge in [0.1, 0.15) is 5.92 Å². The number of aliphatic hydroxyl groups is 1. The van der Waals surface area contributed by atoms with Crippen molar-refractivity contribution < 1.29 is 32.6 Å². The average molecular weight is 382 g/mol. The van der Waals surface area contributed by atoms with E-state index in [1.54, 1.807) is 36.4 Å². The Labute approximate surface area is 152 Å². The fourth-order valence-electron chi connectivity index (χ4n) is 3.32. The number of alkyl halides is 3. The lowest BCUT2D eigenvalue weighted by molar-refractivity contribution is -0.294. The fraction of sp³-hybridized carbons (Fsp3) is 0.333. The van der Waals surface area contributed by atoms with Crippen molar-refractivity contribution in [1.29, 1.82) is 0 Å². The smallest absolute Gasteiger partial charge is 0.437 e. The first-order chi connectivity index (χ1) is 12.7. The van der Waals surface area contributed by atoms with Crippen molar-refractivity contribution in [3.63, 3.8) is 0 Å². The molecule has 2 aromatic rings. The maximum absolute atomic E-state index is 13.7. The van der Waals surface area contributed by atoms with Crippen LogP contribution >= 0.6 is 0 Å². The summed E-state index contributed by atoms with van der Waals surface area (Å²) in [6, 6.07) is 9.00. The van der Waals surface area contributed by atoms with Crippen LogP contribution in [0.15, 0.2) is 42.5 Å². The number of esters is 1. The highest BCUT2D eigenvalue weighted by atomic mass is 19.4. The Morgan fingerprint density at radius 1 is 1.22 bits per heavy atom. The van der Waals surface area contributed by atoms with Gasteiger partial charge in [-0.05, 0) is 23.3 Å². The maximum Gasteiger partial charge on any atom is 0.437 e. The third-order valence-corrected chi connectivity index (χ3v) is 4.51. The van der Waals surface area contributed by atoms with Gasteiger partial charge in [0.2, 0.25) is 0 Å².